The van der Waals surface area contributed by atoms with Gasteiger partial charge in [-0.3, -0.25) is 4.79 Å². The molecule has 1 aliphatic carbocycles. The molecule has 3 amide bonds. The van der Waals surface area contributed by atoms with E-state index in [2.05, 4.69) is 0 Å². The van der Waals surface area contributed by atoms with Gasteiger partial charge in [-0.2, -0.15) is 26.3 Å². The monoisotopic (exact) mass is 567 g/mol. The van der Waals surface area contributed by atoms with Crippen molar-refractivity contribution in [3.63, 3.8) is 0 Å². The first-order valence-electron chi connectivity index (χ1n) is 12.6. The summed E-state index contributed by atoms with van der Waals surface area (Å²) in [5, 5.41) is 0. The number of amides is 3. The molecule has 0 bridgehead atoms. The number of hydrogen-bond donors (Lipinski definition) is 0. The topological polar surface area (TPSA) is 53.1 Å². The molecule has 2 fully saturated rings. The summed E-state index contributed by atoms with van der Waals surface area (Å²) in [5.74, 6) is 0.479. The average molecular weight is 568 g/mol. The summed E-state index contributed by atoms with van der Waals surface area (Å²) in [4.78, 5) is 31.5. The van der Waals surface area contributed by atoms with Crippen molar-refractivity contribution in [1.29, 1.82) is 0 Å². The molecule has 2 aromatic carbocycles. The molecule has 6 nitrogen and oxygen atoms in total. The molecule has 2 heterocycles. The van der Waals surface area contributed by atoms with Gasteiger partial charge in [-0.05, 0) is 54.3 Å². The smallest absolute Gasteiger partial charge is 0.416 e. The average Bonchev–Trinajstić information content (AvgIpc) is 3.53. The van der Waals surface area contributed by atoms with Crippen molar-refractivity contribution in [3.8, 4) is 0 Å². The van der Waals surface area contributed by atoms with Crippen LogP contribution in [0.2, 0.25) is 0 Å². The molecule has 40 heavy (non-hydrogen) atoms. The lowest BCUT2D eigenvalue weighted by atomic mass is 9.88. The minimum absolute atomic E-state index is 0.0614. The van der Waals surface area contributed by atoms with Gasteiger partial charge in [-0.15, -0.1) is 0 Å². The summed E-state index contributed by atoms with van der Waals surface area (Å²) < 4.78 is 85.6. The van der Waals surface area contributed by atoms with Gasteiger partial charge in [0, 0.05) is 26.7 Å². The molecule has 0 radical (unpaired) electrons. The Morgan fingerprint density at radius 1 is 1.05 bits per heavy atom. The summed E-state index contributed by atoms with van der Waals surface area (Å²) in [6.45, 7) is 1.78. The van der Waals surface area contributed by atoms with Crippen LogP contribution in [0.4, 0.5) is 31.1 Å². The van der Waals surface area contributed by atoms with Crippen LogP contribution in [0.5, 0.6) is 0 Å². The van der Waals surface area contributed by atoms with E-state index >= 15 is 0 Å². The fraction of sp³-hybridized carbons (Fsp3) is 0.429. The first kappa shape index (κ1) is 27.9. The van der Waals surface area contributed by atoms with Crippen LogP contribution in [0.1, 0.15) is 40.3 Å². The van der Waals surface area contributed by atoms with Crippen molar-refractivity contribution >= 4 is 11.9 Å². The van der Waals surface area contributed by atoms with Crippen molar-refractivity contribution < 1.29 is 40.7 Å². The molecule has 0 N–H and O–H groups in total. The van der Waals surface area contributed by atoms with Crippen molar-refractivity contribution in [2.45, 2.75) is 44.3 Å². The van der Waals surface area contributed by atoms with Gasteiger partial charge in [-0.25, -0.2) is 4.79 Å². The van der Waals surface area contributed by atoms with Gasteiger partial charge < -0.3 is 19.4 Å². The lowest BCUT2D eigenvalue weighted by Gasteiger charge is -2.46. The number of urea groups is 1. The van der Waals surface area contributed by atoms with Crippen LogP contribution in [0.15, 0.2) is 54.3 Å². The highest BCUT2D eigenvalue weighted by molar-refractivity contribution is 5.95. The number of ether oxygens (including phenoxy) is 1. The molecule has 5 rings (SSSR count). The second-order valence-electron chi connectivity index (χ2n) is 10.5. The van der Waals surface area contributed by atoms with Crippen molar-refractivity contribution in [2.75, 3.05) is 27.2 Å². The number of carbonyl (C=O) groups excluding carboxylic acids is 2. The molecule has 2 aromatic rings. The van der Waals surface area contributed by atoms with Crippen LogP contribution in [0, 0.1) is 12.3 Å². The highest BCUT2D eigenvalue weighted by atomic mass is 19.4. The minimum Gasteiger partial charge on any atom is -0.500 e. The normalized spacial score (nSPS) is 24.2. The number of piperazine rings is 1. The van der Waals surface area contributed by atoms with Crippen LogP contribution in [-0.2, 0) is 28.4 Å². The molecule has 214 valence electrons. The van der Waals surface area contributed by atoms with E-state index in [9.17, 15) is 35.9 Å². The van der Waals surface area contributed by atoms with Crippen molar-refractivity contribution in [2.24, 2.45) is 5.41 Å². The van der Waals surface area contributed by atoms with E-state index < -0.39 is 53.6 Å². The van der Waals surface area contributed by atoms with Crippen LogP contribution >= 0.6 is 0 Å². The van der Waals surface area contributed by atoms with Crippen LogP contribution < -0.4 is 0 Å². The van der Waals surface area contributed by atoms with E-state index in [-0.39, 0.29) is 30.6 Å². The Kier molecular flexibility index (Phi) is 6.58. The predicted molar refractivity (Wildman–Crippen MR) is 132 cm³/mol. The molecule has 0 saturated carbocycles. The van der Waals surface area contributed by atoms with Gasteiger partial charge in [0.1, 0.15) is 11.2 Å². The van der Waals surface area contributed by atoms with E-state index in [1.807, 2.05) is 31.2 Å². The van der Waals surface area contributed by atoms with Crippen LogP contribution in [-0.4, -0.2) is 59.9 Å². The number of hydrogen-bond acceptors (Lipinski definition) is 3. The number of aryl methyl sites for hydroxylation is 1. The Bertz CT molecular complexity index is 1360. The fourth-order valence-corrected chi connectivity index (χ4v) is 5.98. The number of methoxy groups -OCH3 is 1. The Labute approximate surface area is 226 Å². The quantitative estimate of drug-likeness (QED) is 0.441. The summed E-state index contributed by atoms with van der Waals surface area (Å²) in [7, 11) is 2.83. The minimum atomic E-state index is -4.99. The van der Waals surface area contributed by atoms with Gasteiger partial charge >= 0.3 is 18.4 Å². The van der Waals surface area contributed by atoms with Gasteiger partial charge in [0.05, 0.1) is 30.3 Å². The van der Waals surface area contributed by atoms with Gasteiger partial charge in [0.2, 0.25) is 5.91 Å². The SMILES string of the molecule is COC1=CC12CC1C(c3ccccc3C)N(C(=O)N(C)Cc3cc(C(F)(F)F)cc(C(F)(F)F)c3)CCN1C2=O. The summed E-state index contributed by atoms with van der Waals surface area (Å²) in [6, 6.07) is 7.17. The zero-order valence-corrected chi connectivity index (χ0v) is 21.9. The van der Waals surface area contributed by atoms with Crippen LogP contribution in [0.3, 0.4) is 0 Å². The van der Waals surface area contributed by atoms with Gasteiger partial charge in [0.25, 0.3) is 0 Å². The second kappa shape index (κ2) is 9.45. The predicted octanol–water partition coefficient (Wildman–Crippen LogP) is 5.77. The molecule has 3 atom stereocenters. The number of alkyl halides is 6. The lowest BCUT2D eigenvalue weighted by Crippen LogP contribution is -2.57. The molecule has 3 unspecified atom stereocenters. The number of rotatable bonds is 4. The van der Waals surface area contributed by atoms with E-state index in [1.165, 1.54) is 14.2 Å². The van der Waals surface area contributed by atoms with E-state index in [0.717, 1.165) is 16.0 Å². The number of nitrogens with zero attached hydrogens (tertiary/aromatic N) is 3. The van der Waals surface area contributed by atoms with Crippen LogP contribution in [0.25, 0.3) is 0 Å². The molecule has 2 saturated heterocycles. The maximum Gasteiger partial charge on any atom is 0.416 e. The largest absolute Gasteiger partial charge is 0.500 e. The first-order valence-corrected chi connectivity index (χ1v) is 12.6. The molecule has 1 spiro atoms. The third-order valence-corrected chi connectivity index (χ3v) is 7.96. The third kappa shape index (κ3) is 4.66. The Balaban J connectivity index is 1.46. The van der Waals surface area contributed by atoms with Gasteiger partial charge in [0.15, 0.2) is 0 Å². The molecular formula is C28H27F6N3O3. The van der Waals surface area contributed by atoms with E-state index in [0.29, 0.717) is 24.3 Å². The molecule has 2 aliphatic heterocycles. The lowest BCUT2D eigenvalue weighted by molar-refractivity contribution is -0.143. The van der Waals surface area contributed by atoms with E-state index in [1.54, 1.807) is 15.9 Å². The molecule has 0 aromatic heterocycles. The number of fused-ring (bicyclic) bond motifs is 1. The third-order valence-electron chi connectivity index (χ3n) is 7.96. The first-order chi connectivity index (χ1) is 18.7. The van der Waals surface area contributed by atoms with E-state index in [4.69, 9.17) is 4.74 Å². The standard InChI is InChI=1S/C28H27F6N3O3/c1-16-6-4-5-7-20(16)23-21-13-26(14-22(26)40-3)24(38)36(21)8-9-37(23)25(39)35(2)15-17-10-18(27(29,30)31)12-19(11-17)28(32,33)34/h4-7,10-12,14,21,23H,8-9,13,15H2,1-3H3. The number of halogens is 6. The molecule has 12 heteroatoms. The maximum absolute atomic E-state index is 13.8. The summed E-state index contributed by atoms with van der Waals surface area (Å²) >= 11 is 0. The molecular weight excluding hydrogens is 540 g/mol. The summed E-state index contributed by atoms with van der Waals surface area (Å²) in [6.07, 6.45) is -7.82. The molecule has 3 aliphatic rings. The number of carbonyl (C=O) groups is 2. The zero-order chi connectivity index (χ0) is 29.2. The second-order valence-corrected chi connectivity index (χ2v) is 10.5. The highest BCUT2D eigenvalue weighted by Gasteiger charge is 2.64. The fourth-order valence-electron chi connectivity index (χ4n) is 5.98. The zero-order valence-electron chi connectivity index (χ0n) is 21.9. The van der Waals surface area contributed by atoms with Gasteiger partial charge in [-0.1, -0.05) is 24.3 Å². The highest BCUT2D eigenvalue weighted by Crippen LogP contribution is 2.57. The number of benzene rings is 2. The van der Waals surface area contributed by atoms with Crippen molar-refractivity contribution in [1.82, 2.24) is 14.7 Å². The Morgan fingerprint density at radius 2 is 1.68 bits per heavy atom. The summed E-state index contributed by atoms with van der Waals surface area (Å²) in [5.41, 5.74) is -2.33. The maximum atomic E-state index is 13.8. The Hall–Kier alpha value is -3.70. The Morgan fingerprint density at radius 3 is 2.23 bits per heavy atom. The van der Waals surface area contributed by atoms with Crippen molar-refractivity contribution in [3.05, 3.63) is 82.1 Å².